The fourth-order valence-corrected chi connectivity index (χ4v) is 4.44. The Morgan fingerprint density at radius 3 is 2.83 bits per heavy atom. The van der Waals surface area contributed by atoms with Crippen LogP contribution in [0.2, 0.25) is 0 Å². The number of nitrogens with zero attached hydrogens (tertiary/aromatic N) is 8. The molecule has 1 aliphatic rings. The predicted molar refractivity (Wildman–Crippen MR) is 112 cm³/mol. The molecule has 11 heteroatoms. The van der Waals surface area contributed by atoms with Crippen molar-refractivity contribution in [2.75, 3.05) is 23.7 Å². The van der Waals surface area contributed by atoms with Crippen molar-refractivity contribution in [2.24, 2.45) is 13.0 Å². The number of rotatable bonds is 4. The highest BCUT2D eigenvalue weighted by molar-refractivity contribution is 9.10. The van der Waals surface area contributed by atoms with Crippen LogP contribution in [0.5, 0.6) is 0 Å². The maximum absolute atomic E-state index is 6.39. The molecule has 10 nitrogen and oxygen atoms in total. The number of hydrogen-bond donors (Lipinski definition) is 2. The third-order valence-electron chi connectivity index (χ3n) is 5.52. The molecule has 0 bridgehead atoms. The fraction of sp³-hybridized carbons (Fsp3) is 0.389. The molecule has 3 N–H and O–H groups in total. The number of tetrazole rings is 1. The van der Waals surface area contributed by atoms with E-state index >= 15 is 0 Å². The molecule has 0 aromatic carbocycles. The summed E-state index contributed by atoms with van der Waals surface area (Å²) in [4.78, 5) is 7.24. The van der Waals surface area contributed by atoms with E-state index in [0.717, 1.165) is 65.2 Å². The monoisotopic (exact) mass is 456 g/mol. The molecule has 0 amide bonds. The van der Waals surface area contributed by atoms with Gasteiger partial charge in [-0.2, -0.15) is 14.8 Å². The van der Waals surface area contributed by atoms with Gasteiger partial charge in [-0.1, -0.05) is 5.21 Å². The van der Waals surface area contributed by atoms with Gasteiger partial charge in [0.1, 0.15) is 16.1 Å². The minimum Gasteiger partial charge on any atom is -0.383 e. The fourth-order valence-electron chi connectivity index (χ4n) is 3.93. The summed E-state index contributed by atoms with van der Waals surface area (Å²) in [6.45, 7) is 1.80. The van der Waals surface area contributed by atoms with E-state index in [1.807, 2.05) is 24.0 Å². The number of aromatic amines is 1. The molecule has 0 unspecified atom stereocenters. The Kier molecular flexibility index (Phi) is 4.46. The summed E-state index contributed by atoms with van der Waals surface area (Å²) >= 11 is 3.64. The molecule has 29 heavy (non-hydrogen) atoms. The van der Waals surface area contributed by atoms with Gasteiger partial charge in [-0.15, -0.1) is 10.2 Å². The molecule has 0 aliphatic carbocycles. The van der Waals surface area contributed by atoms with Crippen molar-refractivity contribution < 1.29 is 0 Å². The zero-order valence-electron chi connectivity index (χ0n) is 16.0. The molecular weight excluding hydrogens is 436 g/mol. The molecule has 5 heterocycles. The van der Waals surface area contributed by atoms with Crippen molar-refractivity contribution >= 4 is 33.2 Å². The summed E-state index contributed by atoms with van der Waals surface area (Å²) < 4.78 is 4.49. The Morgan fingerprint density at radius 1 is 1.31 bits per heavy atom. The molecular formula is C18H21BrN10. The van der Waals surface area contributed by atoms with Crippen LogP contribution in [0.15, 0.2) is 29.1 Å². The summed E-state index contributed by atoms with van der Waals surface area (Å²) in [7, 11) is 2.00. The lowest BCUT2D eigenvalue weighted by atomic mass is 9.93. The number of aromatic nitrogens is 8. The second kappa shape index (κ2) is 7.14. The third kappa shape index (κ3) is 3.24. The second-order valence-corrected chi connectivity index (χ2v) is 8.25. The van der Waals surface area contributed by atoms with Crippen molar-refractivity contribution in [2.45, 2.75) is 19.3 Å². The van der Waals surface area contributed by atoms with Gasteiger partial charge in [0.25, 0.3) is 0 Å². The van der Waals surface area contributed by atoms with E-state index in [-0.39, 0.29) is 0 Å². The summed E-state index contributed by atoms with van der Waals surface area (Å²) in [6.07, 6.45) is 8.82. The molecule has 0 atom stereocenters. The van der Waals surface area contributed by atoms with Gasteiger partial charge in [-0.05, 0) is 40.8 Å². The van der Waals surface area contributed by atoms with E-state index < -0.39 is 0 Å². The number of piperidine rings is 1. The van der Waals surface area contributed by atoms with E-state index in [2.05, 4.69) is 58.8 Å². The highest BCUT2D eigenvalue weighted by Gasteiger charge is 2.25. The Labute approximate surface area is 175 Å². The quantitative estimate of drug-likeness (QED) is 0.482. The lowest BCUT2D eigenvalue weighted by Gasteiger charge is -2.33. The van der Waals surface area contributed by atoms with E-state index in [9.17, 15) is 0 Å². The summed E-state index contributed by atoms with van der Waals surface area (Å²) in [5, 5.41) is 18.8. The average Bonchev–Trinajstić information content (AvgIpc) is 3.46. The number of nitrogens with one attached hydrogen (secondary N) is 1. The highest BCUT2D eigenvalue weighted by Crippen LogP contribution is 2.36. The Balaban J connectivity index is 1.43. The van der Waals surface area contributed by atoms with Gasteiger partial charge < -0.3 is 15.2 Å². The largest absolute Gasteiger partial charge is 0.383 e. The van der Waals surface area contributed by atoms with E-state index in [1.54, 1.807) is 4.52 Å². The average molecular weight is 457 g/mol. The van der Waals surface area contributed by atoms with Crippen LogP contribution in [0.4, 0.5) is 11.6 Å². The van der Waals surface area contributed by atoms with Crippen molar-refractivity contribution in [3.05, 3.63) is 35.0 Å². The predicted octanol–water partition coefficient (Wildman–Crippen LogP) is 2.05. The summed E-state index contributed by atoms with van der Waals surface area (Å²) in [5.41, 5.74) is 9.20. The SMILES string of the molecule is Cn1ccc(-c2cnn3c(N)c(Br)c(N4CCC(Cc5nn[nH]n5)CC4)nc23)c1. The van der Waals surface area contributed by atoms with Crippen LogP contribution < -0.4 is 10.6 Å². The van der Waals surface area contributed by atoms with Crippen LogP contribution in [0, 0.1) is 5.92 Å². The number of H-pyrrole nitrogens is 1. The number of aryl methyl sites for hydroxylation is 1. The Bertz CT molecular complexity index is 1140. The number of anilines is 2. The topological polar surface area (TPSA) is 119 Å². The van der Waals surface area contributed by atoms with Gasteiger partial charge in [-0.25, -0.2) is 4.98 Å². The first-order valence-corrected chi connectivity index (χ1v) is 10.3. The van der Waals surface area contributed by atoms with Gasteiger partial charge in [-0.3, -0.25) is 0 Å². The first-order valence-electron chi connectivity index (χ1n) is 9.52. The number of nitrogens with two attached hydrogens (primary N) is 1. The molecule has 0 radical (unpaired) electrons. The maximum Gasteiger partial charge on any atom is 0.174 e. The first kappa shape index (κ1) is 18.1. The van der Waals surface area contributed by atoms with Crippen LogP contribution >= 0.6 is 15.9 Å². The van der Waals surface area contributed by atoms with E-state index in [0.29, 0.717) is 11.7 Å². The molecule has 5 rings (SSSR count). The van der Waals surface area contributed by atoms with Crippen molar-refractivity contribution in [1.82, 2.24) is 39.8 Å². The van der Waals surface area contributed by atoms with E-state index in [1.165, 1.54) is 0 Å². The molecule has 1 saturated heterocycles. The minimum atomic E-state index is 0.540. The van der Waals surface area contributed by atoms with Gasteiger partial charge in [0.15, 0.2) is 11.5 Å². The number of halogens is 1. The molecule has 0 spiro atoms. The molecule has 4 aromatic rings. The highest BCUT2D eigenvalue weighted by atomic mass is 79.9. The Hall–Kier alpha value is -2.95. The molecule has 4 aromatic heterocycles. The number of fused-ring (bicyclic) bond motifs is 1. The summed E-state index contributed by atoms with van der Waals surface area (Å²) in [5.74, 6) is 2.74. The summed E-state index contributed by atoms with van der Waals surface area (Å²) in [6, 6.07) is 2.06. The van der Waals surface area contributed by atoms with Crippen molar-refractivity contribution in [1.29, 1.82) is 0 Å². The lowest BCUT2D eigenvalue weighted by molar-refractivity contribution is 0.395. The van der Waals surface area contributed by atoms with Gasteiger partial charge in [0.2, 0.25) is 0 Å². The molecule has 150 valence electrons. The van der Waals surface area contributed by atoms with Gasteiger partial charge >= 0.3 is 0 Å². The van der Waals surface area contributed by atoms with Crippen molar-refractivity contribution in [3.8, 4) is 11.1 Å². The molecule has 1 aliphatic heterocycles. The number of hydrogen-bond acceptors (Lipinski definition) is 7. The van der Waals surface area contributed by atoms with E-state index in [4.69, 9.17) is 10.7 Å². The normalized spacial score (nSPS) is 15.4. The smallest absolute Gasteiger partial charge is 0.174 e. The third-order valence-corrected chi connectivity index (χ3v) is 6.28. The number of nitrogen functional groups attached to an aromatic ring is 1. The second-order valence-electron chi connectivity index (χ2n) is 7.46. The van der Waals surface area contributed by atoms with Crippen LogP contribution in [0.25, 0.3) is 16.8 Å². The molecule has 0 saturated carbocycles. The standard InChI is InChI=1S/C18H21BrN10/c1-27-5-4-12(10-27)13-9-21-29-16(20)15(19)18(22-17(13)29)28-6-2-11(3-7-28)8-14-23-25-26-24-14/h4-5,9-11H,2-3,6-8,20H2,1H3,(H,23,24,25,26). The van der Waals surface area contributed by atoms with Crippen molar-refractivity contribution in [3.63, 3.8) is 0 Å². The minimum absolute atomic E-state index is 0.540. The van der Waals surface area contributed by atoms with Crippen LogP contribution in [-0.2, 0) is 13.5 Å². The first-order chi connectivity index (χ1) is 14.1. The van der Waals surface area contributed by atoms with Crippen LogP contribution in [0.3, 0.4) is 0 Å². The van der Waals surface area contributed by atoms with Crippen LogP contribution in [0.1, 0.15) is 18.7 Å². The van der Waals surface area contributed by atoms with Gasteiger partial charge in [0, 0.05) is 50.1 Å². The maximum atomic E-state index is 6.39. The zero-order valence-corrected chi connectivity index (χ0v) is 17.5. The van der Waals surface area contributed by atoms with Gasteiger partial charge in [0.05, 0.1) is 6.20 Å². The molecule has 1 fully saturated rings. The van der Waals surface area contributed by atoms with Crippen LogP contribution in [-0.4, -0.2) is 52.9 Å². The lowest BCUT2D eigenvalue weighted by Crippen LogP contribution is -2.35. The zero-order chi connectivity index (χ0) is 20.0. The Morgan fingerprint density at radius 2 is 2.14 bits per heavy atom.